The summed E-state index contributed by atoms with van der Waals surface area (Å²) in [5.74, 6) is 1.13. The van der Waals surface area contributed by atoms with E-state index in [2.05, 4.69) is 20.4 Å². The van der Waals surface area contributed by atoms with Gasteiger partial charge in [-0.2, -0.15) is 0 Å². The molecule has 1 atom stereocenters. The SMILES string of the molecule is O=C(N[C@H]1CN2CCC1CC2)c1nnc(Oc2ccccc2)s1. The van der Waals surface area contributed by atoms with Gasteiger partial charge in [0.15, 0.2) is 0 Å². The fourth-order valence-corrected chi connectivity index (χ4v) is 3.91. The normalized spacial score (nSPS) is 26.0. The summed E-state index contributed by atoms with van der Waals surface area (Å²) in [7, 11) is 0. The Morgan fingerprint density at radius 3 is 2.70 bits per heavy atom. The number of hydrogen-bond donors (Lipinski definition) is 1. The molecule has 3 aliphatic rings. The van der Waals surface area contributed by atoms with Crippen molar-refractivity contribution in [3.05, 3.63) is 35.3 Å². The summed E-state index contributed by atoms with van der Waals surface area (Å²) in [6, 6.07) is 9.60. The fourth-order valence-electron chi connectivity index (χ4n) is 3.29. The number of amides is 1. The summed E-state index contributed by atoms with van der Waals surface area (Å²) in [5.41, 5.74) is 0. The number of fused-ring (bicyclic) bond motifs is 3. The minimum atomic E-state index is -0.149. The average Bonchev–Trinajstić information content (AvgIpc) is 3.05. The van der Waals surface area contributed by atoms with E-state index in [9.17, 15) is 4.79 Å². The van der Waals surface area contributed by atoms with Crippen molar-refractivity contribution in [1.29, 1.82) is 0 Å². The highest BCUT2D eigenvalue weighted by Gasteiger charge is 2.35. The van der Waals surface area contributed by atoms with E-state index in [1.54, 1.807) is 0 Å². The molecule has 1 amide bonds. The quantitative estimate of drug-likeness (QED) is 0.930. The zero-order valence-corrected chi connectivity index (χ0v) is 13.5. The number of benzene rings is 1. The van der Waals surface area contributed by atoms with Gasteiger partial charge in [0.05, 0.1) is 0 Å². The monoisotopic (exact) mass is 330 g/mol. The van der Waals surface area contributed by atoms with Crippen molar-refractivity contribution in [3.8, 4) is 10.9 Å². The van der Waals surface area contributed by atoms with Crippen molar-refractivity contribution in [2.45, 2.75) is 18.9 Å². The van der Waals surface area contributed by atoms with Crippen LogP contribution in [0.1, 0.15) is 22.6 Å². The van der Waals surface area contributed by atoms with Crippen LogP contribution in [0.5, 0.6) is 10.9 Å². The Kier molecular flexibility index (Phi) is 3.97. The van der Waals surface area contributed by atoms with Gasteiger partial charge in [-0.3, -0.25) is 4.79 Å². The van der Waals surface area contributed by atoms with E-state index in [4.69, 9.17) is 4.74 Å². The number of carbonyl (C=O) groups is 1. The van der Waals surface area contributed by atoms with Crippen molar-refractivity contribution < 1.29 is 9.53 Å². The third-order valence-electron chi connectivity index (χ3n) is 4.52. The van der Waals surface area contributed by atoms with Crippen molar-refractivity contribution >= 4 is 17.2 Å². The summed E-state index contributed by atoms with van der Waals surface area (Å²) in [5, 5.41) is 11.8. The molecule has 3 fully saturated rings. The van der Waals surface area contributed by atoms with Crippen LogP contribution in [0.4, 0.5) is 0 Å². The van der Waals surface area contributed by atoms with Crippen LogP contribution >= 0.6 is 11.3 Å². The Hall–Kier alpha value is -1.99. The number of nitrogens with zero attached hydrogens (tertiary/aromatic N) is 3. The van der Waals surface area contributed by atoms with Gasteiger partial charge >= 0.3 is 0 Å². The Bertz CT molecular complexity index is 682. The van der Waals surface area contributed by atoms with E-state index in [0.717, 1.165) is 19.6 Å². The molecule has 120 valence electrons. The lowest BCUT2D eigenvalue weighted by molar-refractivity contribution is 0.0620. The van der Waals surface area contributed by atoms with Crippen LogP contribution < -0.4 is 10.1 Å². The summed E-state index contributed by atoms with van der Waals surface area (Å²) < 4.78 is 5.61. The van der Waals surface area contributed by atoms with E-state index < -0.39 is 0 Å². The van der Waals surface area contributed by atoms with E-state index in [1.807, 2.05) is 30.3 Å². The maximum absolute atomic E-state index is 12.4. The highest BCUT2D eigenvalue weighted by molar-refractivity contribution is 7.15. The number of piperidine rings is 3. The van der Waals surface area contributed by atoms with Crippen molar-refractivity contribution in [2.24, 2.45) is 5.92 Å². The molecular weight excluding hydrogens is 312 g/mol. The van der Waals surface area contributed by atoms with Gasteiger partial charge in [-0.25, -0.2) is 0 Å². The average molecular weight is 330 g/mol. The van der Waals surface area contributed by atoms with Crippen molar-refractivity contribution in [2.75, 3.05) is 19.6 Å². The highest BCUT2D eigenvalue weighted by atomic mass is 32.1. The van der Waals surface area contributed by atoms with Gasteiger partial charge in [-0.05, 0) is 55.3 Å². The van der Waals surface area contributed by atoms with Gasteiger partial charge in [0.2, 0.25) is 5.01 Å². The number of ether oxygens (including phenoxy) is 1. The molecule has 23 heavy (non-hydrogen) atoms. The first-order valence-corrected chi connectivity index (χ1v) is 8.69. The van der Waals surface area contributed by atoms with Gasteiger partial charge in [-0.1, -0.05) is 23.3 Å². The van der Waals surface area contributed by atoms with E-state index in [-0.39, 0.29) is 11.9 Å². The lowest BCUT2D eigenvalue weighted by atomic mass is 9.84. The molecule has 7 heteroatoms. The van der Waals surface area contributed by atoms with Crippen LogP contribution in [0.15, 0.2) is 30.3 Å². The third-order valence-corrected chi connectivity index (χ3v) is 5.32. The molecule has 0 radical (unpaired) electrons. The maximum Gasteiger partial charge on any atom is 0.300 e. The summed E-state index contributed by atoms with van der Waals surface area (Å²) in [6.07, 6.45) is 2.34. The Morgan fingerprint density at radius 2 is 2.00 bits per heavy atom. The Balaban J connectivity index is 1.39. The van der Waals surface area contributed by atoms with Gasteiger partial charge < -0.3 is 15.0 Å². The second-order valence-corrected chi connectivity index (χ2v) is 6.95. The van der Waals surface area contributed by atoms with Crippen LogP contribution in [0.25, 0.3) is 0 Å². The molecule has 1 N–H and O–H groups in total. The Morgan fingerprint density at radius 1 is 1.22 bits per heavy atom. The van der Waals surface area contributed by atoms with Gasteiger partial charge in [0.1, 0.15) is 5.75 Å². The van der Waals surface area contributed by atoms with Gasteiger partial charge in [0.25, 0.3) is 11.1 Å². The van der Waals surface area contributed by atoms with Crippen LogP contribution in [0, 0.1) is 5.92 Å². The number of nitrogens with one attached hydrogen (secondary N) is 1. The molecule has 0 saturated carbocycles. The molecular formula is C16H18N4O2S. The van der Waals surface area contributed by atoms with Crippen LogP contribution in [-0.2, 0) is 0 Å². The summed E-state index contributed by atoms with van der Waals surface area (Å²) >= 11 is 1.17. The van der Waals surface area contributed by atoms with E-state index in [0.29, 0.717) is 21.9 Å². The lowest BCUT2D eigenvalue weighted by Crippen LogP contribution is -2.57. The van der Waals surface area contributed by atoms with Gasteiger partial charge in [0, 0.05) is 12.6 Å². The molecule has 5 rings (SSSR count). The predicted molar refractivity (Wildman–Crippen MR) is 86.8 cm³/mol. The molecule has 1 aromatic carbocycles. The number of para-hydroxylation sites is 1. The number of aromatic nitrogens is 2. The number of hydrogen-bond acceptors (Lipinski definition) is 6. The van der Waals surface area contributed by atoms with E-state index >= 15 is 0 Å². The second kappa shape index (κ2) is 6.25. The van der Waals surface area contributed by atoms with Crippen molar-refractivity contribution in [1.82, 2.24) is 20.4 Å². The number of carbonyl (C=O) groups excluding carboxylic acids is 1. The van der Waals surface area contributed by atoms with Crippen LogP contribution in [0.2, 0.25) is 0 Å². The number of rotatable bonds is 4. The van der Waals surface area contributed by atoms with Gasteiger partial charge in [-0.15, -0.1) is 5.10 Å². The first-order chi connectivity index (χ1) is 11.3. The smallest absolute Gasteiger partial charge is 0.300 e. The van der Waals surface area contributed by atoms with Crippen LogP contribution in [0.3, 0.4) is 0 Å². The second-order valence-electron chi connectivity index (χ2n) is 6.01. The molecule has 0 unspecified atom stereocenters. The molecule has 2 aromatic rings. The largest absolute Gasteiger partial charge is 0.430 e. The maximum atomic E-state index is 12.4. The molecule has 2 bridgehead atoms. The molecule has 0 spiro atoms. The third kappa shape index (κ3) is 3.20. The predicted octanol–water partition coefficient (Wildman–Crippen LogP) is 2.15. The Labute approximate surface area is 138 Å². The molecule has 4 heterocycles. The summed E-state index contributed by atoms with van der Waals surface area (Å²) in [6.45, 7) is 3.26. The molecule has 0 aliphatic carbocycles. The first kappa shape index (κ1) is 14.6. The molecule has 6 nitrogen and oxygen atoms in total. The summed E-state index contributed by atoms with van der Waals surface area (Å²) in [4.78, 5) is 14.8. The van der Waals surface area contributed by atoms with Crippen molar-refractivity contribution in [3.63, 3.8) is 0 Å². The minimum absolute atomic E-state index is 0.149. The highest BCUT2D eigenvalue weighted by Crippen LogP contribution is 2.28. The molecule has 3 saturated heterocycles. The fraction of sp³-hybridized carbons (Fsp3) is 0.438. The minimum Gasteiger partial charge on any atom is -0.430 e. The first-order valence-electron chi connectivity index (χ1n) is 7.87. The zero-order valence-electron chi connectivity index (χ0n) is 12.6. The topological polar surface area (TPSA) is 67.4 Å². The molecule has 3 aliphatic heterocycles. The molecule has 1 aromatic heterocycles. The van der Waals surface area contributed by atoms with Crippen LogP contribution in [-0.4, -0.2) is 46.7 Å². The van der Waals surface area contributed by atoms with E-state index in [1.165, 1.54) is 24.2 Å². The zero-order chi connectivity index (χ0) is 15.6. The standard InChI is InChI=1S/C16H18N4O2S/c21-14(17-13-10-20-8-6-11(13)7-9-20)15-18-19-16(23-15)22-12-4-2-1-3-5-12/h1-5,11,13H,6-10H2,(H,17,21)/t13-/m0/s1. The lowest BCUT2D eigenvalue weighted by Gasteiger charge is -2.44.